The number of primary amides is 1. The second-order valence-electron chi connectivity index (χ2n) is 7.84. The summed E-state index contributed by atoms with van der Waals surface area (Å²) < 4.78 is 2.24. The van der Waals surface area contributed by atoms with Gasteiger partial charge >= 0.3 is 0 Å². The molecule has 1 aliphatic carbocycles. The number of fused-ring (bicyclic) bond motifs is 2. The normalized spacial score (nSPS) is 13.1. The highest BCUT2D eigenvalue weighted by Crippen LogP contribution is 2.38. The van der Waals surface area contributed by atoms with Crippen LogP contribution in [-0.2, 0) is 24.2 Å². The lowest BCUT2D eigenvalue weighted by Gasteiger charge is -2.11. The molecule has 33 heavy (non-hydrogen) atoms. The summed E-state index contributed by atoms with van der Waals surface area (Å²) in [7, 11) is 0. The number of thiophene rings is 2. The molecular formula is C23H19BrN4O3S2. The topological polar surface area (TPSA) is 107 Å². The second-order valence-corrected chi connectivity index (χ2v) is 10.7. The molecule has 3 aromatic heterocycles. The van der Waals surface area contributed by atoms with Gasteiger partial charge in [-0.15, -0.1) is 22.7 Å². The van der Waals surface area contributed by atoms with Crippen molar-refractivity contribution < 1.29 is 9.59 Å². The number of nitrogens with zero attached hydrogens (tertiary/aromatic N) is 2. The molecule has 5 rings (SSSR count). The predicted octanol–water partition coefficient (Wildman–Crippen LogP) is 4.57. The summed E-state index contributed by atoms with van der Waals surface area (Å²) >= 11 is 6.21. The Labute approximate surface area is 205 Å². The van der Waals surface area contributed by atoms with E-state index in [0.29, 0.717) is 20.8 Å². The Bertz CT molecular complexity index is 1450. The van der Waals surface area contributed by atoms with Crippen LogP contribution in [0.2, 0.25) is 0 Å². The Kier molecular flexibility index (Phi) is 5.90. The lowest BCUT2D eigenvalue weighted by Crippen LogP contribution is -2.28. The van der Waals surface area contributed by atoms with Crippen molar-refractivity contribution in [3.63, 3.8) is 0 Å². The number of halogens is 1. The highest BCUT2D eigenvalue weighted by Gasteiger charge is 2.25. The van der Waals surface area contributed by atoms with E-state index in [1.807, 2.05) is 29.6 Å². The maximum absolute atomic E-state index is 13.2. The van der Waals surface area contributed by atoms with Crippen molar-refractivity contribution >= 4 is 65.6 Å². The van der Waals surface area contributed by atoms with Crippen molar-refractivity contribution in [3.8, 4) is 11.1 Å². The van der Waals surface area contributed by atoms with Gasteiger partial charge in [0, 0.05) is 20.3 Å². The van der Waals surface area contributed by atoms with E-state index in [4.69, 9.17) is 5.73 Å². The fraction of sp³-hybridized carbons (Fsp3) is 0.217. The molecule has 1 aliphatic rings. The summed E-state index contributed by atoms with van der Waals surface area (Å²) in [5.41, 5.74) is 8.38. The Hall–Kier alpha value is -2.82. The number of carbonyl (C=O) groups excluding carboxylic acids is 2. The molecule has 10 heteroatoms. The third kappa shape index (κ3) is 4.14. The maximum atomic E-state index is 13.2. The minimum absolute atomic E-state index is 0.210. The van der Waals surface area contributed by atoms with Gasteiger partial charge in [-0.2, -0.15) is 0 Å². The number of nitrogens with two attached hydrogens (primary N) is 1. The van der Waals surface area contributed by atoms with Crippen LogP contribution in [-0.4, -0.2) is 21.4 Å². The number of rotatable bonds is 5. The van der Waals surface area contributed by atoms with Crippen LogP contribution >= 0.6 is 38.6 Å². The smallest absolute Gasteiger partial charge is 0.263 e. The Morgan fingerprint density at radius 2 is 1.94 bits per heavy atom. The number of anilines is 1. The monoisotopic (exact) mass is 542 g/mol. The van der Waals surface area contributed by atoms with Gasteiger partial charge in [0.25, 0.3) is 11.5 Å². The predicted molar refractivity (Wildman–Crippen MR) is 135 cm³/mol. The van der Waals surface area contributed by atoms with Crippen molar-refractivity contribution in [2.24, 2.45) is 5.73 Å². The summed E-state index contributed by atoms with van der Waals surface area (Å²) in [6.45, 7) is -0.210. The van der Waals surface area contributed by atoms with E-state index in [1.54, 1.807) is 0 Å². The van der Waals surface area contributed by atoms with Crippen molar-refractivity contribution in [2.75, 3.05) is 5.32 Å². The summed E-state index contributed by atoms with van der Waals surface area (Å²) in [6, 6.07) is 7.69. The molecule has 3 N–H and O–H groups in total. The van der Waals surface area contributed by atoms with Crippen molar-refractivity contribution in [3.05, 3.63) is 66.8 Å². The van der Waals surface area contributed by atoms with Crippen molar-refractivity contribution in [1.82, 2.24) is 9.55 Å². The Morgan fingerprint density at radius 1 is 1.18 bits per heavy atom. The highest BCUT2D eigenvalue weighted by molar-refractivity contribution is 9.10. The number of hydrogen-bond donors (Lipinski definition) is 2. The van der Waals surface area contributed by atoms with Crippen LogP contribution in [0.5, 0.6) is 0 Å². The van der Waals surface area contributed by atoms with Gasteiger partial charge in [0.1, 0.15) is 16.4 Å². The maximum Gasteiger partial charge on any atom is 0.263 e. The van der Waals surface area contributed by atoms with E-state index in [-0.39, 0.29) is 12.1 Å². The first kappa shape index (κ1) is 22.0. The molecule has 0 fully saturated rings. The average Bonchev–Trinajstić information content (AvgIpc) is 3.38. The number of benzene rings is 1. The van der Waals surface area contributed by atoms with E-state index in [2.05, 4.69) is 26.2 Å². The molecule has 0 radical (unpaired) electrons. The van der Waals surface area contributed by atoms with Gasteiger partial charge < -0.3 is 11.1 Å². The summed E-state index contributed by atoms with van der Waals surface area (Å²) in [4.78, 5) is 44.3. The summed E-state index contributed by atoms with van der Waals surface area (Å²) in [5.74, 6) is -0.942. The second kappa shape index (κ2) is 8.85. The Balaban J connectivity index is 1.45. The third-order valence-corrected chi connectivity index (χ3v) is 8.32. The molecule has 0 bridgehead atoms. The standard InChI is InChI=1S/C23H19BrN4O3S2/c24-13-7-5-12(6-8-13)15-10-32-21-19(15)23(31)28(11-26-21)9-17(29)27-22-18(20(25)30)14-3-1-2-4-16(14)33-22/h5-8,10-11H,1-4,9H2,(H2,25,30)(H,27,29). The van der Waals surface area contributed by atoms with Crippen molar-refractivity contribution in [2.45, 2.75) is 32.2 Å². The van der Waals surface area contributed by atoms with Gasteiger partial charge in [-0.1, -0.05) is 28.1 Å². The van der Waals surface area contributed by atoms with Crippen LogP contribution in [0.4, 0.5) is 5.00 Å². The zero-order valence-electron chi connectivity index (χ0n) is 17.4. The first-order valence-corrected chi connectivity index (χ1v) is 12.9. The van der Waals surface area contributed by atoms with Crippen LogP contribution in [0.1, 0.15) is 33.6 Å². The van der Waals surface area contributed by atoms with Gasteiger partial charge in [-0.25, -0.2) is 4.98 Å². The lowest BCUT2D eigenvalue weighted by atomic mass is 9.95. The molecule has 1 aromatic carbocycles. The minimum atomic E-state index is -0.539. The van der Waals surface area contributed by atoms with E-state index >= 15 is 0 Å². The molecule has 2 amide bonds. The fourth-order valence-electron chi connectivity index (χ4n) is 4.16. The minimum Gasteiger partial charge on any atom is -0.365 e. The van der Waals surface area contributed by atoms with E-state index < -0.39 is 11.8 Å². The van der Waals surface area contributed by atoms with Crippen LogP contribution in [0, 0.1) is 0 Å². The summed E-state index contributed by atoms with van der Waals surface area (Å²) in [5, 5.41) is 5.67. The molecule has 7 nitrogen and oxygen atoms in total. The third-order valence-electron chi connectivity index (χ3n) is 5.70. The van der Waals surface area contributed by atoms with Gasteiger partial charge in [-0.05, 0) is 48.9 Å². The molecule has 0 atom stereocenters. The Morgan fingerprint density at radius 3 is 2.70 bits per heavy atom. The van der Waals surface area contributed by atoms with E-state index in [1.165, 1.54) is 33.6 Å². The average molecular weight is 543 g/mol. The molecule has 0 aliphatic heterocycles. The molecule has 168 valence electrons. The van der Waals surface area contributed by atoms with Crippen LogP contribution < -0.4 is 16.6 Å². The zero-order chi connectivity index (χ0) is 23.1. The van der Waals surface area contributed by atoms with Gasteiger partial charge in [0.2, 0.25) is 5.91 Å². The van der Waals surface area contributed by atoms with Gasteiger partial charge in [0.05, 0.1) is 17.3 Å². The molecular weight excluding hydrogens is 524 g/mol. The summed E-state index contributed by atoms with van der Waals surface area (Å²) in [6.07, 6.45) is 5.12. The quantitative estimate of drug-likeness (QED) is 0.385. The first-order valence-electron chi connectivity index (χ1n) is 10.4. The number of nitrogens with one attached hydrogen (secondary N) is 1. The van der Waals surface area contributed by atoms with Crippen LogP contribution in [0.15, 0.2) is 45.2 Å². The number of hydrogen-bond acceptors (Lipinski definition) is 6. The fourth-order valence-corrected chi connectivity index (χ4v) is 6.64. The number of carbonyl (C=O) groups is 2. The lowest BCUT2D eigenvalue weighted by molar-refractivity contribution is -0.116. The first-order chi connectivity index (χ1) is 15.9. The van der Waals surface area contributed by atoms with E-state index in [9.17, 15) is 14.4 Å². The SMILES string of the molecule is NC(=O)c1c(NC(=O)Cn2cnc3scc(-c4ccc(Br)cc4)c3c2=O)sc2c1CCCC2. The van der Waals surface area contributed by atoms with E-state index in [0.717, 1.165) is 51.7 Å². The highest BCUT2D eigenvalue weighted by atomic mass is 79.9. The van der Waals surface area contributed by atoms with Gasteiger partial charge in [0.15, 0.2) is 0 Å². The van der Waals surface area contributed by atoms with Crippen LogP contribution in [0.3, 0.4) is 0 Å². The molecule has 0 spiro atoms. The molecule has 0 saturated heterocycles. The zero-order valence-corrected chi connectivity index (χ0v) is 20.6. The van der Waals surface area contributed by atoms with Gasteiger partial charge in [-0.3, -0.25) is 19.0 Å². The molecule has 0 unspecified atom stereocenters. The number of aryl methyl sites for hydroxylation is 1. The largest absolute Gasteiger partial charge is 0.365 e. The number of amides is 2. The number of aromatic nitrogens is 2. The molecule has 0 saturated carbocycles. The van der Waals surface area contributed by atoms with Crippen molar-refractivity contribution in [1.29, 1.82) is 0 Å². The van der Waals surface area contributed by atoms with Crippen LogP contribution in [0.25, 0.3) is 21.3 Å². The molecule has 4 aromatic rings. The molecule has 3 heterocycles.